The first-order valence-electron chi connectivity index (χ1n) is 4.71. The molecular formula is C10H12FIN2. The average molecular weight is 306 g/mol. The molecule has 2 heterocycles. The van der Waals surface area contributed by atoms with E-state index in [-0.39, 0.29) is 0 Å². The van der Waals surface area contributed by atoms with Gasteiger partial charge < -0.3 is 0 Å². The Morgan fingerprint density at radius 3 is 3.00 bits per heavy atom. The van der Waals surface area contributed by atoms with E-state index in [0.717, 1.165) is 22.4 Å². The predicted octanol–water partition coefficient (Wildman–Crippen LogP) is 2.23. The van der Waals surface area contributed by atoms with Crippen LogP contribution in [0.2, 0.25) is 0 Å². The van der Waals surface area contributed by atoms with Crippen LogP contribution in [0.5, 0.6) is 0 Å². The Hall–Kier alpha value is -0.230. The number of nitrogens with zero attached hydrogens (tertiary/aromatic N) is 2. The van der Waals surface area contributed by atoms with Crippen molar-refractivity contribution < 1.29 is 4.39 Å². The summed E-state index contributed by atoms with van der Waals surface area (Å²) in [5, 5.41) is 0. The summed E-state index contributed by atoms with van der Waals surface area (Å²) in [5.41, 5.74) is 1.03. The third-order valence-corrected chi connectivity index (χ3v) is 3.03. The van der Waals surface area contributed by atoms with Crippen molar-refractivity contribution in [1.82, 2.24) is 9.88 Å². The molecule has 1 aromatic rings. The topological polar surface area (TPSA) is 16.1 Å². The van der Waals surface area contributed by atoms with E-state index in [9.17, 15) is 4.39 Å². The number of hydrogen-bond donors (Lipinski definition) is 0. The van der Waals surface area contributed by atoms with Gasteiger partial charge in [-0.3, -0.25) is 9.88 Å². The molecule has 0 bridgehead atoms. The fraction of sp³-hybridized carbons (Fsp3) is 0.500. The van der Waals surface area contributed by atoms with Gasteiger partial charge in [-0.25, -0.2) is 4.39 Å². The van der Waals surface area contributed by atoms with Crippen LogP contribution < -0.4 is 0 Å². The van der Waals surface area contributed by atoms with E-state index >= 15 is 0 Å². The second-order valence-corrected chi connectivity index (χ2v) is 4.83. The van der Waals surface area contributed by atoms with Crippen LogP contribution in [-0.4, -0.2) is 29.1 Å². The molecule has 1 fully saturated rings. The number of aromatic nitrogens is 1. The van der Waals surface area contributed by atoms with E-state index in [2.05, 4.69) is 32.5 Å². The molecular weight excluding hydrogens is 294 g/mol. The van der Waals surface area contributed by atoms with Crippen molar-refractivity contribution in [2.75, 3.05) is 13.1 Å². The molecule has 2 rings (SSSR count). The van der Waals surface area contributed by atoms with Crippen molar-refractivity contribution >= 4 is 22.6 Å². The molecule has 76 valence electrons. The Bertz CT molecular complexity index is 301. The summed E-state index contributed by atoms with van der Waals surface area (Å²) in [7, 11) is 0. The third kappa shape index (κ3) is 2.63. The SMILES string of the molecule is FC1CCN(Cc2ccc(I)cn2)C1. The van der Waals surface area contributed by atoms with Crippen molar-refractivity contribution in [3.05, 3.63) is 27.6 Å². The molecule has 0 N–H and O–H groups in total. The summed E-state index contributed by atoms with van der Waals surface area (Å²) < 4.78 is 14.0. The summed E-state index contributed by atoms with van der Waals surface area (Å²) in [6.07, 6.45) is 1.88. The Morgan fingerprint density at radius 1 is 1.57 bits per heavy atom. The van der Waals surface area contributed by atoms with Crippen molar-refractivity contribution in [3.8, 4) is 0 Å². The fourth-order valence-electron chi connectivity index (χ4n) is 1.66. The second-order valence-electron chi connectivity index (χ2n) is 3.59. The van der Waals surface area contributed by atoms with Crippen LogP contribution in [0.15, 0.2) is 18.3 Å². The number of rotatable bonds is 2. The van der Waals surface area contributed by atoms with Gasteiger partial charge in [-0.1, -0.05) is 0 Å². The molecule has 1 saturated heterocycles. The van der Waals surface area contributed by atoms with Crippen LogP contribution in [-0.2, 0) is 6.54 Å². The molecule has 4 heteroatoms. The van der Waals surface area contributed by atoms with E-state index in [1.165, 1.54) is 0 Å². The summed E-state index contributed by atoms with van der Waals surface area (Å²) in [6.45, 7) is 2.19. The minimum atomic E-state index is -0.640. The summed E-state index contributed by atoms with van der Waals surface area (Å²) in [5.74, 6) is 0. The lowest BCUT2D eigenvalue weighted by Gasteiger charge is -2.13. The number of halogens is 2. The molecule has 0 aliphatic carbocycles. The lowest BCUT2D eigenvalue weighted by atomic mass is 10.3. The Balaban J connectivity index is 1.94. The zero-order valence-corrected chi connectivity index (χ0v) is 9.95. The lowest BCUT2D eigenvalue weighted by molar-refractivity contribution is 0.280. The van der Waals surface area contributed by atoms with Gasteiger partial charge in [-0.15, -0.1) is 0 Å². The number of pyridine rings is 1. The van der Waals surface area contributed by atoms with Crippen LogP contribution in [0.25, 0.3) is 0 Å². The number of alkyl halides is 1. The van der Waals surface area contributed by atoms with Gasteiger partial charge in [-0.2, -0.15) is 0 Å². The van der Waals surface area contributed by atoms with Gasteiger partial charge in [0, 0.05) is 29.4 Å². The number of hydrogen-bond acceptors (Lipinski definition) is 2. The molecule has 0 aromatic carbocycles. The maximum atomic E-state index is 12.9. The van der Waals surface area contributed by atoms with Gasteiger partial charge >= 0.3 is 0 Å². The highest BCUT2D eigenvalue weighted by molar-refractivity contribution is 14.1. The van der Waals surface area contributed by atoms with Gasteiger partial charge in [0.1, 0.15) is 6.17 Å². The lowest BCUT2D eigenvalue weighted by Crippen LogP contribution is -2.20. The molecule has 0 saturated carbocycles. The second kappa shape index (κ2) is 4.53. The smallest absolute Gasteiger partial charge is 0.114 e. The Morgan fingerprint density at radius 2 is 2.43 bits per heavy atom. The molecule has 1 atom stereocenters. The van der Waals surface area contributed by atoms with Crippen LogP contribution in [0.1, 0.15) is 12.1 Å². The molecule has 1 aromatic heterocycles. The molecule has 1 unspecified atom stereocenters. The van der Waals surface area contributed by atoms with Gasteiger partial charge in [0.05, 0.1) is 5.69 Å². The van der Waals surface area contributed by atoms with E-state index < -0.39 is 6.17 Å². The van der Waals surface area contributed by atoms with E-state index in [0.29, 0.717) is 13.0 Å². The molecule has 1 aliphatic rings. The standard InChI is InChI=1S/C10H12FIN2/c11-8-3-4-14(6-8)7-10-2-1-9(12)5-13-10/h1-2,5,8H,3-4,6-7H2. The van der Waals surface area contributed by atoms with Crippen LogP contribution in [0.3, 0.4) is 0 Å². The first kappa shape index (κ1) is 10.3. The minimum Gasteiger partial charge on any atom is -0.295 e. The van der Waals surface area contributed by atoms with Crippen molar-refractivity contribution in [2.24, 2.45) is 0 Å². The highest BCUT2D eigenvalue weighted by atomic mass is 127. The van der Waals surface area contributed by atoms with Crippen LogP contribution >= 0.6 is 22.6 Å². The van der Waals surface area contributed by atoms with Gasteiger partial charge in [0.15, 0.2) is 0 Å². The molecule has 0 amide bonds. The monoisotopic (exact) mass is 306 g/mol. The molecule has 0 radical (unpaired) electrons. The zero-order valence-electron chi connectivity index (χ0n) is 7.79. The maximum absolute atomic E-state index is 12.9. The summed E-state index contributed by atoms with van der Waals surface area (Å²) in [6, 6.07) is 4.04. The van der Waals surface area contributed by atoms with Gasteiger partial charge in [0.2, 0.25) is 0 Å². The van der Waals surface area contributed by atoms with Crippen LogP contribution in [0, 0.1) is 3.57 Å². The van der Waals surface area contributed by atoms with Crippen molar-refractivity contribution in [1.29, 1.82) is 0 Å². The minimum absolute atomic E-state index is 0.563. The predicted molar refractivity (Wildman–Crippen MR) is 61.7 cm³/mol. The van der Waals surface area contributed by atoms with E-state index in [1.54, 1.807) is 0 Å². The highest BCUT2D eigenvalue weighted by Crippen LogP contribution is 2.14. The molecule has 0 spiro atoms. The highest BCUT2D eigenvalue weighted by Gasteiger charge is 2.21. The largest absolute Gasteiger partial charge is 0.295 e. The molecule has 14 heavy (non-hydrogen) atoms. The normalized spacial score (nSPS) is 22.9. The summed E-state index contributed by atoms with van der Waals surface area (Å²) >= 11 is 2.23. The van der Waals surface area contributed by atoms with E-state index in [4.69, 9.17) is 0 Å². The van der Waals surface area contributed by atoms with Gasteiger partial charge in [0.25, 0.3) is 0 Å². The Labute approximate surface area is 96.7 Å². The van der Waals surface area contributed by atoms with Crippen LogP contribution in [0.4, 0.5) is 4.39 Å². The van der Waals surface area contributed by atoms with Crippen molar-refractivity contribution in [3.63, 3.8) is 0 Å². The average Bonchev–Trinajstić information content (AvgIpc) is 2.56. The summed E-state index contributed by atoms with van der Waals surface area (Å²) in [4.78, 5) is 6.41. The zero-order chi connectivity index (χ0) is 9.97. The number of likely N-dealkylation sites (tertiary alicyclic amines) is 1. The molecule has 2 nitrogen and oxygen atoms in total. The third-order valence-electron chi connectivity index (χ3n) is 2.39. The fourth-order valence-corrected chi connectivity index (χ4v) is 1.98. The first-order valence-corrected chi connectivity index (χ1v) is 5.79. The first-order chi connectivity index (χ1) is 6.74. The Kier molecular flexibility index (Phi) is 3.33. The van der Waals surface area contributed by atoms with Gasteiger partial charge in [-0.05, 0) is 41.1 Å². The van der Waals surface area contributed by atoms with Crippen molar-refractivity contribution in [2.45, 2.75) is 19.1 Å². The quantitative estimate of drug-likeness (QED) is 0.779. The van der Waals surface area contributed by atoms with E-state index in [1.807, 2.05) is 18.3 Å². The maximum Gasteiger partial charge on any atom is 0.114 e. The molecule has 1 aliphatic heterocycles.